The molecule has 0 radical (unpaired) electrons. The molecule has 0 bridgehead atoms. The Bertz CT molecular complexity index is 863. The fraction of sp³-hybridized carbons (Fsp3) is 0.350. The topological polar surface area (TPSA) is 85.8 Å². The number of rotatable bonds is 8. The third-order valence-electron chi connectivity index (χ3n) is 3.89. The Labute approximate surface area is 158 Å². The van der Waals surface area contributed by atoms with Crippen molar-refractivity contribution in [2.45, 2.75) is 25.9 Å². The molecule has 0 aliphatic carbocycles. The first-order valence-electron chi connectivity index (χ1n) is 8.58. The van der Waals surface area contributed by atoms with Crippen LogP contribution < -0.4 is 14.8 Å². The van der Waals surface area contributed by atoms with Crippen LogP contribution in [0.5, 0.6) is 11.5 Å². The van der Waals surface area contributed by atoms with Gasteiger partial charge in [-0.05, 0) is 43.2 Å². The molecule has 0 amide bonds. The average molecular weight is 369 g/mol. The average Bonchev–Trinajstić information content (AvgIpc) is 2.71. The Hall–Kier alpha value is -3.27. The van der Waals surface area contributed by atoms with Crippen LogP contribution in [-0.4, -0.2) is 37.4 Å². The summed E-state index contributed by atoms with van der Waals surface area (Å²) >= 11 is 0. The SMILES string of the molecule is CCOC(=O)[C@@H](C#N)N=c1ccn(CCc2ccc(OC)c(OC)c2)cc1. The maximum absolute atomic E-state index is 11.6. The molecule has 7 heteroatoms. The Morgan fingerprint density at radius 2 is 1.89 bits per heavy atom. The molecule has 1 atom stereocenters. The highest BCUT2D eigenvalue weighted by Gasteiger charge is 2.16. The lowest BCUT2D eigenvalue weighted by atomic mass is 10.1. The Morgan fingerprint density at radius 1 is 1.19 bits per heavy atom. The Morgan fingerprint density at radius 3 is 2.48 bits per heavy atom. The second-order valence-corrected chi connectivity index (χ2v) is 5.65. The van der Waals surface area contributed by atoms with Gasteiger partial charge in [-0.3, -0.25) is 4.99 Å². The molecule has 1 aromatic carbocycles. The van der Waals surface area contributed by atoms with E-state index >= 15 is 0 Å². The minimum Gasteiger partial charge on any atom is -0.493 e. The van der Waals surface area contributed by atoms with E-state index in [0.717, 1.165) is 18.5 Å². The summed E-state index contributed by atoms with van der Waals surface area (Å²) < 4.78 is 17.4. The molecule has 0 N–H and O–H groups in total. The number of carbonyl (C=O) groups excluding carboxylic acids is 1. The van der Waals surface area contributed by atoms with Gasteiger partial charge < -0.3 is 18.8 Å². The number of benzene rings is 1. The fourth-order valence-corrected chi connectivity index (χ4v) is 2.48. The van der Waals surface area contributed by atoms with Crippen LogP contribution in [0.3, 0.4) is 0 Å². The monoisotopic (exact) mass is 369 g/mol. The van der Waals surface area contributed by atoms with Gasteiger partial charge in [-0.1, -0.05) is 6.07 Å². The van der Waals surface area contributed by atoms with Crippen molar-refractivity contribution in [3.05, 3.63) is 53.6 Å². The van der Waals surface area contributed by atoms with Crippen LogP contribution in [0.1, 0.15) is 12.5 Å². The molecular formula is C20H23N3O4. The van der Waals surface area contributed by atoms with E-state index in [1.807, 2.05) is 41.2 Å². The molecule has 0 spiro atoms. The molecule has 0 fully saturated rings. The number of nitriles is 1. The van der Waals surface area contributed by atoms with Crippen molar-refractivity contribution in [1.29, 1.82) is 5.26 Å². The quantitative estimate of drug-likeness (QED) is 0.665. The zero-order chi connectivity index (χ0) is 19.6. The fourth-order valence-electron chi connectivity index (χ4n) is 2.48. The number of esters is 1. The molecule has 1 aromatic heterocycles. The maximum Gasteiger partial charge on any atom is 0.345 e. The van der Waals surface area contributed by atoms with Gasteiger partial charge in [-0.2, -0.15) is 5.26 Å². The molecule has 7 nitrogen and oxygen atoms in total. The van der Waals surface area contributed by atoms with Gasteiger partial charge in [0, 0.05) is 18.9 Å². The summed E-state index contributed by atoms with van der Waals surface area (Å²) in [4.78, 5) is 15.8. The van der Waals surface area contributed by atoms with Crippen molar-refractivity contribution in [1.82, 2.24) is 4.57 Å². The van der Waals surface area contributed by atoms with Gasteiger partial charge in [-0.25, -0.2) is 4.79 Å². The molecule has 0 saturated heterocycles. The first-order chi connectivity index (χ1) is 13.1. The lowest BCUT2D eigenvalue weighted by Gasteiger charge is -2.10. The predicted octanol–water partition coefficient (Wildman–Crippen LogP) is 2.10. The van der Waals surface area contributed by atoms with Crippen LogP contribution in [0.4, 0.5) is 0 Å². The largest absolute Gasteiger partial charge is 0.493 e. The molecule has 1 heterocycles. The highest BCUT2D eigenvalue weighted by molar-refractivity contribution is 5.79. The summed E-state index contributed by atoms with van der Waals surface area (Å²) in [5.41, 5.74) is 1.13. The second kappa shape index (κ2) is 10.0. The van der Waals surface area contributed by atoms with Crippen LogP contribution in [-0.2, 0) is 22.5 Å². The molecule has 142 valence electrons. The van der Waals surface area contributed by atoms with Gasteiger partial charge >= 0.3 is 5.97 Å². The van der Waals surface area contributed by atoms with Gasteiger partial charge in [0.05, 0.1) is 26.2 Å². The zero-order valence-electron chi connectivity index (χ0n) is 15.7. The summed E-state index contributed by atoms with van der Waals surface area (Å²) in [7, 11) is 3.22. The number of hydrogen-bond acceptors (Lipinski definition) is 6. The first kappa shape index (κ1) is 20.0. The first-order valence-corrected chi connectivity index (χ1v) is 8.58. The Balaban J connectivity index is 2.04. The summed E-state index contributed by atoms with van der Waals surface area (Å²) in [6, 6.07) is 10.1. The van der Waals surface area contributed by atoms with E-state index in [1.54, 1.807) is 33.3 Å². The molecule has 0 unspecified atom stereocenters. The maximum atomic E-state index is 11.6. The van der Waals surface area contributed by atoms with Crippen LogP contribution in [0.25, 0.3) is 0 Å². The van der Waals surface area contributed by atoms with Gasteiger partial charge in [-0.15, -0.1) is 0 Å². The minimum absolute atomic E-state index is 0.220. The van der Waals surface area contributed by atoms with Crippen LogP contribution in [0.15, 0.2) is 47.7 Å². The van der Waals surface area contributed by atoms with E-state index in [9.17, 15) is 4.79 Å². The van der Waals surface area contributed by atoms with E-state index in [-0.39, 0.29) is 6.61 Å². The highest BCUT2D eigenvalue weighted by atomic mass is 16.5. The van der Waals surface area contributed by atoms with E-state index in [2.05, 4.69) is 4.99 Å². The normalized spacial score (nSPS) is 11.2. The molecule has 2 rings (SSSR count). The Kier molecular flexibility index (Phi) is 7.44. The van der Waals surface area contributed by atoms with Crippen molar-refractivity contribution in [2.24, 2.45) is 4.99 Å². The molecule has 2 aromatic rings. The van der Waals surface area contributed by atoms with E-state index in [0.29, 0.717) is 16.9 Å². The lowest BCUT2D eigenvalue weighted by molar-refractivity contribution is -0.143. The molecule has 0 aliphatic rings. The van der Waals surface area contributed by atoms with Crippen molar-refractivity contribution in [2.75, 3.05) is 20.8 Å². The van der Waals surface area contributed by atoms with Crippen LogP contribution in [0, 0.1) is 11.3 Å². The van der Waals surface area contributed by atoms with E-state index < -0.39 is 12.0 Å². The van der Waals surface area contributed by atoms with E-state index in [1.165, 1.54) is 0 Å². The number of methoxy groups -OCH3 is 2. The summed E-state index contributed by atoms with van der Waals surface area (Å²) in [5.74, 6) is 0.773. The number of carbonyl (C=O) groups is 1. The van der Waals surface area contributed by atoms with Crippen molar-refractivity contribution in [3.63, 3.8) is 0 Å². The molecular weight excluding hydrogens is 346 g/mol. The number of aryl methyl sites for hydroxylation is 2. The number of hydrogen-bond donors (Lipinski definition) is 0. The smallest absolute Gasteiger partial charge is 0.345 e. The van der Waals surface area contributed by atoms with Gasteiger partial charge in [0.2, 0.25) is 6.04 Å². The van der Waals surface area contributed by atoms with Gasteiger partial charge in [0.1, 0.15) is 6.07 Å². The predicted molar refractivity (Wildman–Crippen MR) is 99.3 cm³/mol. The molecule has 0 aliphatic heterocycles. The van der Waals surface area contributed by atoms with Crippen LogP contribution >= 0.6 is 0 Å². The van der Waals surface area contributed by atoms with Gasteiger partial charge in [0.25, 0.3) is 0 Å². The van der Waals surface area contributed by atoms with Gasteiger partial charge in [0.15, 0.2) is 11.5 Å². The standard InChI is InChI=1S/C20H23N3O4/c1-4-27-20(24)17(14-21)22-16-8-11-23(12-9-16)10-7-15-5-6-18(25-2)19(13-15)26-3/h5-6,8-9,11-13,17H,4,7,10H2,1-3H3/t17-/m1/s1. The number of pyridine rings is 1. The van der Waals surface area contributed by atoms with Crippen molar-refractivity contribution >= 4 is 5.97 Å². The number of aromatic nitrogens is 1. The van der Waals surface area contributed by atoms with Crippen molar-refractivity contribution < 1.29 is 19.0 Å². The third kappa shape index (κ3) is 5.61. The number of nitrogens with zero attached hydrogens (tertiary/aromatic N) is 3. The highest BCUT2D eigenvalue weighted by Crippen LogP contribution is 2.27. The molecule has 0 saturated carbocycles. The van der Waals surface area contributed by atoms with Crippen LogP contribution in [0.2, 0.25) is 0 Å². The van der Waals surface area contributed by atoms with E-state index in [4.69, 9.17) is 19.5 Å². The number of ether oxygens (including phenoxy) is 3. The summed E-state index contributed by atoms with van der Waals surface area (Å²) in [6.45, 7) is 2.67. The van der Waals surface area contributed by atoms with Crippen molar-refractivity contribution in [3.8, 4) is 17.6 Å². The zero-order valence-corrected chi connectivity index (χ0v) is 15.7. The summed E-state index contributed by atoms with van der Waals surface area (Å²) in [5, 5.41) is 9.61. The third-order valence-corrected chi connectivity index (χ3v) is 3.89. The molecule has 27 heavy (non-hydrogen) atoms. The second-order valence-electron chi connectivity index (χ2n) is 5.65. The summed E-state index contributed by atoms with van der Waals surface area (Å²) in [6.07, 6.45) is 4.53. The minimum atomic E-state index is -1.15. The lowest BCUT2D eigenvalue weighted by Crippen LogP contribution is -2.22.